The molecule has 7 nitrogen and oxygen atoms in total. The van der Waals surface area contributed by atoms with E-state index in [1.807, 2.05) is 42.5 Å². The van der Waals surface area contributed by atoms with E-state index < -0.39 is 17.5 Å². The quantitative estimate of drug-likeness (QED) is 0.771. The molecule has 0 aliphatic carbocycles. The number of urea groups is 1. The molecule has 0 radical (unpaired) electrons. The van der Waals surface area contributed by atoms with E-state index in [4.69, 9.17) is 4.74 Å². The number of imide groups is 1. The summed E-state index contributed by atoms with van der Waals surface area (Å²) in [4.78, 5) is 41.2. The van der Waals surface area contributed by atoms with Crippen LogP contribution < -0.4 is 10.1 Å². The summed E-state index contributed by atoms with van der Waals surface area (Å²) in [6.45, 7) is 2.50. The van der Waals surface area contributed by atoms with E-state index in [0.29, 0.717) is 18.8 Å². The third kappa shape index (κ3) is 3.63. The molecule has 7 heteroatoms. The molecule has 1 fully saturated rings. The fraction of sp³-hybridized carbons (Fsp3) is 0.348. The minimum absolute atomic E-state index is 0.227. The Morgan fingerprint density at radius 1 is 1.10 bits per heavy atom. The minimum atomic E-state index is -1.12. The molecule has 1 saturated heterocycles. The van der Waals surface area contributed by atoms with Gasteiger partial charge in [0.05, 0.1) is 7.11 Å². The number of fused-ring (bicyclic) bond motifs is 1. The van der Waals surface area contributed by atoms with Crippen molar-refractivity contribution in [3.05, 3.63) is 65.2 Å². The molecule has 0 unspecified atom stereocenters. The summed E-state index contributed by atoms with van der Waals surface area (Å²) in [5, 5.41) is 2.77. The maximum Gasteiger partial charge on any atom is 0.325 e. The van der Waals surface area contributed by atoms with Gasteiger partial charge in [0.25, 0.3) is 5.91 Å². The molecule has 0 aromatic heterocycles. The highest BCUT2D eigenvalue weighted by atomic mass is 16.5. The number of hydrogen-bond acceptors (Lipinski definition) is 4. The average Bonchev–Trinajstić information content (AvgIpc) is 2.96. The second-order valence-electron chi connectivity index (χ2n) is 7.98. The van der Waals surface area contributed by atoms with E-state index in [1.54, 1.807) is 18.9 Å². The molecule has 2 aromatic rings. The predicted molar refractivity (Wildman–Crippen MR) is 111 cm³/mol. The fourth-order valence-corrected chi connectivity index (χ4v) is 4.18. The van der Waals surface area contributed by atoms with Crippen LogP contribution in [0.1, 0.15) is 23.6 Å². The number of hydrogen-bond donors (Lipinski definition) is 1. The van der Waals surface area contributed by atoms with Crippen molar-refractivity contribution in [2.45, 2.75) is 31.8 Å². The molecule has 0 bridgehead atoms. The van der Waals surface area contributed by atoms with Crippen LogP contribution in [0.25, 0.3) is 0 Å². The second-order valence-corrected chi connectivity index (χ2v) is 7.98. The van der Waals surface area contributed by atoms with E-state index in [2.05, 4.69) is 11.4 Å². The molecule has 2 heterocycles. The lowest BCUT2D eigenvalue weighted by molar-refractivity contribution is -0.139. The monoisotopic (exact) mass is 407 g/mol. The first-order chi connectivity index (χ1) is 14.4. The largest absolute Gasteiger partial charge is 0.496 e. The lowest BCUT2D eigenvalue weighted by Gasteiger charge is -2.30. The van der Waals surface area contributed by atoms with Gasteiger partial charge in [-0.2, -0.15) is 0 Å². The summed E-state index contributed by atoms with van der Waals surface area (Å²) in [6.07, 6.45) is 1.05. The van der Waals surface area contributed by atoms with Crippen molar-refractivity contribution in [2.75, 3.05) is 20.2 Å². The summed E-state index contributed by atoms with van der Waals surface area (Å²) in [5.74, 6) is 0.0287. The third-order valence-corrected chi connectivity index (χ3v) is 5.86. The van der Waals surface area contributed by atoms with Crippen molar-refractivity contribution in [1.29, 1.82) is 0 Å². The maximum absolute atomic E-state index is 13.1. The Hall–Kier alpha value is -3.35. The maximum atomic E-state index is 13.1. The van der Waals surface area contributed by atoms with Crippen LogP contribution in [0.5, 0.6) is 5.75 Å². The van der Waals surface area contributed by atoms with Gasteiger partial charge in [0.1, 0.15) is 17.8 Å². The molecular weight excluding hydrogens is 382 g/mol. The molecule has 2 aliphatic rings. The van der Waals surface area contributed by atoms with Gasteiger partial charge in [0.2, 0.25) is 5.91 Å². The lowest BCUT2D eigenvalue weighted by atomic mass is 9.92. The number of carbonyl (C=O) groups is 3. The lowest BCUT2D eigenvalue weighted by Crippen LogP contribution is -2.47. The number of benzene rings is 2. The van der Waals surface area contributed by atoms with Crippen molar-refractivity contribution in [2.24, 2.45) is 0 Å². The molecule has 1 atom stereocenters. The minimum Gasteiger partial charge on any atom is -0.496 e. The normalized spacial score (nSPS) is 20.7. The Morgan fingerprint density at radius 3 is 2.57 bits per heavy atom. The van der Waals surface area contributed by atoms with Crippen LogP contribution >= 0.6 is 0 Å². The highest BCUT2D eigenvalue weighted by Crippen LogP contribution is 2.27. The number of ether oxygens (including phenoxy) is 1. The van der Waals surface area contributed by atoms with Gasteiger partial charge < -0.3 is 15.0 Å². The van der Waals surface area contributed by atoms with Gasteiger partial charge in [0.15, 0.2) is 0 Å². The molecule has 0 spiro atoms. The molecule has 156 valence electrons. The Kier molecular flexibility index (Phi) is 5.20. The van der Waals surface area contributed by atoms with Crippen LogP contribution in [0.2, 0.25) is 0 Å². The van der Waals surface area contributed by atoms with Gasteiger partial charge in [-0.05, 0) is 36.1 Å². The number of amides is 4. The summed E-state index contributed by atoms with van der Waals surface area (Å²) in [7, 11) is 1.57. The number of rotatable bonds is 5. The topological polar surface area (TPSA) is 79.0 Å². The summed E-state index contributed by atoms with van der Waals surface area (Å²) >= 11 is 0. The Morgan fingerprint density at radius 2 is 1.80 bits per heavy atom. The zero-order valence-electron chi connectivity index (χ0n) is 17.2. The van der Waals surface area contributed by atoms with Gasteiger partial charge in [0, 0.05) is 19.5 Å². The van der Waals surface area contributed by atoms with Crippen LogP contribution in [0.4, 0.5) is 4.79 Å². The Labute approximate surface area is 175 Å². The number of carbonyl (C=O) groups excluding carboxylic acids is 3. The Bertz CT molecular complexity index is 1010. The van der Waals surface area contributed by atoms with Crippen molar-refractivity contribution >= 4 is 17.8 Å². The van der Waals surface area contributed by atoms with Gasteiger partial charge in [-0.15, -0.1) is 0 Å². The highest BCUT2D eigenvalue weighted by Gasteiger charge is 2.48. The fourth-order valence-electron chi connectivity index (χ4n) is 4.18. The van der Waals surface area contributed by atoms with Gasteiger partial charge >= 0.3 is 6.03 Å². The van der Waals surface area contributed by atoms with Gasteiger partial charge in [-0.3, -0.25) is 14.5 Å². The van der Waals surface area contributed by atoms with E-state index in [-0.39, 0.29) is 18.9 Å². The molecule has 2 aromatic carbocycles. The molecule has 0 saturated carbocycles. The van der Waals surface area contributed by atoms with E-state index >= 15 is 0 Å². The van der Waals surface area contributed by atoms with Crippen molar-refractivity contribution < 1.29 is 19.1 Å². The first-order valence-electron chi connectivity index (χ1n) is 10.0. The van der Waals surface area contributed by atoms with Crippen LogP contribution in [-0.4, -0.2) is 53.4 Å². The van der Waals surface area contributed by atoms with E-state index in [9.17, 15) is 14.4 Å². The van der Waals surface area contributed by atoms with Gasteiger partial charge in [-0.25, -0.2) is 4.79 Å². The van der Waals surface area contributed by atoms with E-state index in [0.717, 1.165) is 22.4 Å². The first-order valence-corrected chi connectivity index (χ1v) is 10.0. The first kappa shape index (κ1) is 19.9. The molecule has 30 heavy (non-hydrogen) atoms. The summed E-state index contributed by atoms with van der Waals surface area (Å²) in [6, 6.07) is 14.9. The van der Waals surface area contributed by atoms with Crippen molar-refractivity contribution in [3.8, 4) is 5.75 Å². The van der Waals surface area contributed by atoms with Crippen LogP contribution in [-0.2, 0) is 29.0 Å². The SMILES string of the molecule is COc1ccccc1C[C@]1(C)NC(=O)N(CC(=O)N2CCc3ccccc3C2)C1=O. The molecule has 4 amide bonds. The van der Waals surface area contributed by atoms with Crippen LogP contribution in [0.15, 0.2) is 48.5 Å². The smallest absolute Gasteiger partial charge is 0.325 e. The number of methoxy groups -OCH3 is 1. The number of para-hydroxylation sites is 1. The number of nitrogens with zero attached hydrogens (tertiary/aromatic N) is 2. The summed E-state index contributed by atoms with van der Waals surface area (Å²) < 4.78 is 5.36. The van der Waals surface area contributed by atoms with Gasteiger partial charge in [-0.1, -0.05) is 42.5 Å². The van der Waals surface area contributed by atoms with Crippen LogP contribution in [0, 0.1) is 0 Å². The predicted octanol–water partition coefficient (Wildman–Crippen LogP) is 2.13. The van der Waals surface area contributed by atoms with Crippen molar-refractivity contribution in [3.63, 3.8) is 0 Å². The summed E-state index contributed by atoms with van der Waals surface area (Å²) in [5.41, 5.74) is 2.04. The zero-order valence-corrected chi connectivity index (χ0v) is 17.2. The zero-order chi connectivity index (χ0) is 21.3. The highest BCUT2D eigenvalue weighted by molar-refractivity contribution is 6.09. The molecule has 4 rings (SSSR count). The Balaban J connectivity index is 1.46. The third-order valence-electron chi connectivity index (χ3n) is 5.86. The average molecular weight is 407 g/mol. The van der Waals surface area contributed by atoms with E-state index in [1.165, 1.54) is 5.56 Å². The molecule has 2 aliphatic heterocycles. The second kappa shape index (κ2) is 7.82. The van der Waals surface area contributed by atoms with Crippen LogP contribution in [0.3, 0.4) is 0 Å². The number of nitrogens with one attached hydrogen (secondary N) is 1. The molecule has 1 N–H and O–H groups in total. The molecular formula is C23H25N3O4. The standard InChI is InChI=1S/C23H25N3O4/c1-23(13-17-8-5-6-10-19(17)30-2)21(28)26(22(29)24-23)15-20(27)25-12-11-16-7-3-4-9-18(16)14-25/h3-10H,11-15H2,1-2H3,(H,24,29)/t23-/m0/s1. The van der Waals surface area contributed by atoms with Crippen molar-refractivity contribution in [1.82, 2.24) is 15.1 Å².